The number of amides is 2. The molecule has 0 bridgehead atoms. The number of nitrogens with zero attached hydrogens (tertiary/aromatic N) is 2. The zero-order chi connectivity index (χ0) is 17.9. The summed E-state index contributed by atoms with van der Waals surface area (Å²) in [6, 6.07) is 6.66. The van der Waals surface area contributed by atoms with E-state index in [1.54, 1.807) is 25.1 Å². The minimum atomic E-state index is -2.08. The number of carbonyl (C=O) groups is 2. The lowest BCUT2D eigenvalue weighted by atomic mass is 10.1. The van der Waals surface area contributed by atoms with Crippen LogP contribution in [0.5, 0.6) is 0 Å². The molecule has 0 aliphatic rings. The Morgan fingerprint density at radius 2 is 2.08 bits per heavy atom. The molecule has 128 valence electrons. The van der Waals surface area contributed by atoms with Gasteiger partial charge in [0.1, 0.15) is 5.82 Å². The number of carboxylic acid groups (broad SMARTS) is 1. The summed E-state index contributed by atoms with van der Waals surface area (Å²) in [5.41, 5.74) is -0.919. The standard InChI is InChI=1S/C15H17FN4O4/c1-9-6-12(18-14(23)17-8-15(2,24)13(21)22)19-20(9)11-5-3-4-10(16)7-11/h3-7,24H,8H2,1-2H3,(H,21,22)(H2,17,18,19,23). The normalized spacial score (nSPS) is 13.2. The number of halogens is 1. The highest BCUT2D eigenvalue weighted by Gasteiger charge is 2.30. The van der Waals surface area contributed by atoms with Gasteiger partial charge in [-0.3, -0.25) is 5.32 Å². The van der Waals surface area contributed by atoms with Crippen molar-refractivity contribution in [2.24, 2.45) is 0 Å². The van der Waals surface area contributed by atoms with E-state index in [9.17, 15) is 19.1 Å². The van der Waals surface area contributed by atoms with Gasteiger partial charge in [-0.1, -0.05) is 6.07 Å². The largest absolute Gasteiger partial charge is 0.479 e. The van der Waals surface area contributed by atoms with Crippen LogP contribution < -0.4 is 10.6 Å². The quantitative estimate of drug-likeness (QED) is 0.656. The number of urea groups is 1. The molecule has 1 atom stereocenters. The molecule has 0 saturated heterocycles. The third kappa shape index (κ3) is 4.07. The zero-order valence-corrected chi connectivity index (χ0v) is 13.1. The zero-order valence-electron chi connectivity index (χ0n) is 13.1. The van der Waals surface area contributed by atoms with Crippen LogP contribution in [-0.4, -0.2) is 44.1 Å². The maximum absolute atomic E-state index is 13.3. The number of carboxylic acids is 1. The molecule has 2 rings (SSSR count). The van der Waals surface area contributed by atoms with Crippen molar-refractivity contribution < 1.29 is 24.2 Å². The maximum atomic E-state index is 13.3. The van der Waals surface area contributed by atoms with Crippen LogP contribution in [0.15, 0.2) is 30.3 Å². The number of carbonyl (C=O) groups excluding carboxylic acids is 1. The van der Waals surface area contributed by atoms with Crippen LogP contribution in [0.2, 0.25) is 0 Å². The third-order valence-corrected chi connectivity index (χ3v) is 3.24. The SMILES string of the molecule is Cc1cc(NC(=O)NCC(C)(O)C(=O)O)nn1-c1cccc(F)c1. The molecule has 2 amide bonds. The minimum absolute atomic E-state index is 0.198. The summed E-state index contributed by atoms with van der Waals surface area (Å²) in [6.45, 7) is 2.33. The number of benzene rings is 1. The lowest BCUT2D eigenvalue weighted by Crippen LogP contribution is -2.47. The number of aromatic nitrogens is 2. The van der Waals surface area contributed by atoms with Crippen molar-refractivity contribution in [2.75, 3.05) is 11.9 Å². The highest BCUT2D eigenvalue weighted by Crippen LogP contribution is 2.15. The Hall–Kier alpha value is -2.94. The van der Waals surface area contributed by atoms with Crippen molar-refractivity contribution >= 4 is 17.8 Å². The minimum Gasteiger partial charge on any atom is -0.479 e. The molecule has 1 heterocycles. The highest BCUT2D eigenvalue weighted by molar-refractivity contribution is 5.89. The smallest absolute Gasteiger partial charge is 0.337 e. The van der Waals surface area contributed by atoms with Crippen LogP contribution in [-0.2, 0) is 4.79 Å². The molecule has 0 spiro atoms. The van der Waals surface area contributed by atoms with E-state index in [0.29, 0.717) is 11.4 Å². The number of hydrogen-bond donors (Lipinski definition) is 4. The van der Waals surface area contributed by atoms with Gasteiger partial charge in [0.15, 0.2) is 11.4 Å². The second kappa shape index (κ2) is 6.67. The van der Waals surface area contributed by atoms with Crippen LogP contribution >= 0.6 is 0 Å². The van der Waals surface area contributed by atoms with E-state index in [0.717, 1.165) is 6.92 Å². The number of rotatable bonds is 5. The van der Waals surface area contributed by atoms with Gasteiger partial charge in [0.25, 0.3) is 0 Å². The number of anilines is 1. The van der Waals surface area contributed by atoms with E-state index >= 15 is 0 Å². The molecule has 0 saturated carbocycles. The lowest BCUT2D eigenvalue weighted by molar-refractivity contribution is -0.155. The monoisotopic (exact) mass is 336 g/mol. The molecule has 0 fully saturated rings. The molecule has 1 aromatic heterocycles. The van der Waals surface area contributed by atoms with Crippen LogP contribution in [0.1, 0.15) is 12.6 Å². The van der Waals surface area contributed by atoms with Crippen LogP contribution in [0, 0.1) is 12.7 Å². The molecule has 0 aliphatic heterocycles. The van der Waals surface area contributed by atoms with Crippen molar-refractivity contribution in [2.45, 2.75) is 19.4 Å². The summed E-state index contributed by atoms with van der Waals surface area (Å²) < 4.78 is 14.7. The Kier molecular flexibility index (Phi) is 4.84. The van der Waals surface area contributed by atoms with Crippen molar-refractivity contribution in [3.8, 4) is 5.69 Å². The first-order valence-corrected chi connectivity index (χ1v) is 7.02. The maximum Gasteiger partial charge on any atom is 0.337 e. The Bertz CT molecular complexity index is 773. The Morgan fingerprint density at radius 3 is 2.71 bits per heavy atom. The van der Waals surface area contributed by atoms with Crippen molar-refractivity contribution in [1.82, 2.24) is 15.1 Å². The van der Waals surface area contributed by atoms with Crippen molar-refractivity contribution in [1.29, 1.82) is 0 Å². The van der Waals surface area contributed by atoms with Crippen molar-refractivity contribution in [3.63, 3.8) is 0 Å². The number of nitrogens with one attached hydrogen (secondary N) is 2. The predicted molar refractivity (Wildman–Crippen MR) is 83.5 cm³/mol. The molecule has 0 radical (unpaired) electrons. The average Bonchev–Trinajstić information content (AvgIpc) is 2.85. The van der Waals surface area contributed by atoms with Crippen LogP contribution in [0.3, 0.4) is 0 Å². The topological polar surface area (TPSA) is 116 Å². The molecular weight excluding hydrogens is 319 g/mol. The molecule has 0 aliphatic carbocycles. The second-order valence-corrected chi connectivity index (χ2v) is 5.45. The fourth-order valence-electron chi connectivity index (χ4n) is 1.89. The Labute approximate surface area is 136 Å². The number of aliphatic carboxylic acids is 1. The summed E-state index contributed by atoms with van der Waals surface area (Å²) >= 11 is 0. The van der Waals surface area contributed by atoms with Gasteiger partial charge in [-0.05, 0) is 32.0 Å². The van der Waals surface area contributed by atoms with E-state index in [1.165, 1.54) is 16.8 Å². The number of aryl methyl sites for hydroxylation is 1. The average molecular weight is 336 g/mol. The van der Waals surface area contributed by atoms with E-state index in [-0.39, 0.29) is 5.82 Å². The van der Waals surface area contributed by atoms with Gasteiger partial charge in [-0.2, -0.15) is 0 Å². The highest BCUT2D eigenvalue weighted by atomic mass is 19.1. The molecule has 8 nitrogen and oxygen atoms in total. The molecule has 2 aromatic rings. The first kappa shape index (κ1) is 17.4. The van der Waals surface area contributed by atoms with Gasteiger partial charge in [-0.15, -0.1) is 5.10 Å². The molecule has 1 unspecified atom stereocenters. The third-order valence-electron chi connectivity index (χ3n) is 3.24. The van der Waals surface area contributed by atoms with Gasteiger partial charge in [0, 0.05) is 11.8 Å². The van der Waals surface area contributed by atoms with Gasteiger partial charge >= 0.3 is 12.0 Å². The predicted octanol–water partition coefficient (Wildman–Crippen LogP) is 1.28. The van der Waals surface area contributed by atoms with Crippen LogP contribution in [0.4, 0.5) is 15.0 Å². The Morgan fingerprint density at radius 1 is 1.38 bits per heavy atom. The summed E-state index contributed by atoms with van der Waals surface area (Å²) in [7, 11) is 0. The first-order chi connectivity index (χ1) is 11.2. The van der Waals surface area contributed by atoms with E-state index < -0.39 is 30.0 Å². The molecule has 24 heavy (non-hydrogen) atoms. The van der Waals surface area contributed by atoms with Crippen molar-refractivity contribution in [3.05, 3.63) is 41.8 Å². The summed E-state index contributed by atoms with van der Waals surface area (Å²) in [4.78, 5) is 22.5. The molecule has 9 heteroatoms. The number of hydrogen-bond acceptors (Lipinski definition) is 4. The van der Waals surface area contributed by atoms with E-state index in [2.05, 4.69) is 15.7 Å². The molecule has 1 aromatic carbocycles. The summed E-state index contributed by atoms with van der Waals surface area (Å²) in [5.74, 6) is -1.66. The van der Waals surface area contributed by atoms with Gasteiger partial charge < -0.3 is 15.5 Å². The lowest BCUT2D eigenvalue weighted by Gasteiger charge is -2.18. The van der Waals surface area contributed by atoms with E-state index in [4.69, 9.17) is 5.11 Å². The first-order valence-electron chi connectivity index (χ1n) is 7.02. The summed E-state index contributed by atoms with van der Waals surface area (Å²) in [5, 5.41) is 27.1. The van der Waals surface area contributed by atoms with Gasteiger partial charge in [0.05, 0.1) is 12.2 Å². The second-order valence-electron chi connectivity index (χ2n) is 5.45. The Balaban J connectivity index is 2.05. The molecule has 4 N–H and O–H groups in total. The fraction of sp³-hybridized carbons (Fsp3) is 0.267. The summed E-state index contributed by atoms with van der Waals surface area (Å²) in [6.07, 6.45) is 0. The van der Waals surface area contributed by atoms with Gasteiger partial charge in [0.2, 0.25) is 0 Å². The fourth-order valence-corrected chi connectivity index (χ4v) is 1.89. The van der Waals surface area contributed by atoms with E-state index in [1.807, 2.05) is 0 Å². The van der Waals surface area contributed by atoms with Gasteiger partial charge in [-0.25, -0.2) is 18.7 Å². The molecular formula is C15H17FN4O4. The number of aliphatic hydroxyl groups is 1. The van der Waals surface area contributed by atoms with Crippen LogP contribution in [0.25, 0.3) is 5.69 Å².